The molecule has 3 aromatic rings. The predicted octanol–water partition coefficient (Wildman–Crippen LogP) is 4.23. The van der Waals surface area contributed by atoms with Gasteiger partial charge in [-0.2, -0.15) is 13.2 Å². The van der Waals surface area contributed by atoms with Gasteiger partial charge in [0.25, 0.3) is 0 Å². The maximum Gasteiger partial charge on any atom is 0.417 e. The summed E-state index contributed by atoms with van der Waals surface area (Å²) in [6, 6.07) is 5.32. The van der Waals surface area contributed by atoms with E-state index in [-0.39, 0.29) is 21.0 Å². The van der Waals surface area contributed by atoms with Crippen LogP contribution in [0.4, 0.5) is 13.2 Å². The van der Waals surface area contributed by atoms with E-state index >= 15 is 0 Å². The lowest BCUT2D eigenvalue weighted by Crippen LogP contribution is -2.06. The minimum Gasteiger partial charge on any atom is -0.265 e. The van der Waals surface area contributed by atoms with Gasteiger partial charge in [-0.1, -0.05) is 33.6 Å². The Morgan fingerprint density at radius 1 is 1.14 bits per heavy atom. The molecule has 108 valence electrons. The highest BCUT2D eigenvalue weighted by atomic mass is 79.9. The molecule has 0 aliphatic carbocycles. The summed E-state index contributed by atoms with van der Waals surface area (Å²) in [5, 5.41) is 7.99. The molecule has 9 heteroatoms. The summed E-state index contributed by atoms with van der Waals surface area (Å²) in [4.78, 5) is 3.87. The van der Waals surface area contributed by atoms with Gasteiger partial charge in [0, 0.05) is 16.1 Å². The number of hydrogen-bond donors (Lipinski definition) is 0. The number of aromatic nitrogens is 4. The molecule has 0 aliphatic rings. The Morgan fingerprint density at radius 2 is 1.90 bits per heavy atom. The quantitative estimate of drug-likeness (QED) is 0.596. The van der Waals surface area contributed by atoms with Crippen LogP contribution in [0.5, 0.6) is 0 Å². The smallest absolute Gasteiger partial charge is 0.265 e. The third-order valence-electron chi connectivity index (χ3n) is 2.80. The largest absolute Gasteiger partial charge is 0.417 e. The Morgan fingerprint density at radius 3 is 2.62 bits per heavy atom. The molecular formula is C12H5BrClF3N4. The van der Waals surface area contributed by atoms with Crippen LogP contribution >= 0.6 is 27.5 Å². The molecule has 0 saturated carbocycles. The van der Waals surface area contributed by atoms with E-state index in [0.717, 1.165) is 6.07 Å². The van der Waals surface area contributed by atoms with E-state index in [0.29, 0.717) is 5.65 Å². The van der Waals surface area contributed by atoms with E-state index in [1.165, 1.54) is 28.9 Å². The summed E-state index contributed by atoms with van der Waals surface area (Å²) < 4.78 is 40.2. The average Bonchev–Trinajstić information content (AvgIpc) is 2.81. The first-order chi connectivity index (χ1) is 9.86. The van der Waals surface area contributed by atoms with Gasteiger partial charge in [-0.3, -0.25) is 4.40 Å². The van der Waals surface area contributed by atoms with Crippen molar-refractivity contribution in [3.63, 3.8) is 0 Å². The van der Waals surface area contributed by atoms with E-state index in [1.807, 2.05) is 0 Å². The van der Waals surface area contributed by atoms with Crippen LogP contribution in [0.25, 0.3) is 17.0 Å². The molecule has 0 spiro atoms. The van der Waals surface area contributed by atoms with E-state index in [1.54, 1.807) is 0 Å². The van der Waals surface area contributed by atoms with E-state index < -0.39 is 11.7 Å². The fraction of sp³-hybridized carbons (Fsp3) is 0.0833. The highest BCUT2D eigenvalue weighted by Gasteiger charge is 2.33. The lowest BCUT2D eigenvalue weighted by molar-refractivity contribution is -0.138. The third-order valence-corrected chi connectivity index (χ3v) is 3.70. The SMILES string of the molecule is FC(F)(F)c1cc(-c2nnc3cc(Cl)ncn23)ccc1Br. The van der Waals surface area contributed by atoms with Crippen molar-refractivity contribution >= 4 is 33.2 Å². The van der Waals surface area contributed by atoms with Gasteiger partial charge in [0.1, 0.15) is 11.5 Å². The van der Waals surface area contributed by atoms with Crippen LogP contribution < -0.4 is 0 Å². The van der Waals surface area contributed by atoms with Gasteiger partial charge >= 0.3 is 6.18 Å². The summed E-state index contributed by atoms with van der Waals surface area (Å²) in [5.74, 6) is 0.257. The van der Waals surface area contributed by atoms with Crippen LogP contribution in [0, 0.1) is 0 Å². The molecule has 0 aliphatic heterocycles. The second kappa shape index (κ2) is 4.96. The zero-order valence-corrected chi connectivity index (χ0v) is 12.4. The number of benzene rings is 1. The Labute approximate surface area is 129 Å². The second-order valence-electron chi connectivity index (χ2n) is 4.16. The van der Waals surface area contributed by atoms with Gasteiger partial charge < -0.3 is 0 Å². The fourth-order valence-electron chi connectivity index (χ4n) is 1.85. The van der Waals surface area contributed by atoms with Crippen LogP contribution in [0.15, 0.2) is 35.1 Å². The molecule has 0 fully saturated rings. The molecule has 0 N–H and O–H groups in total. The number of hydrogen-bond acceptors (Lipinski definition) is 3. The molecule has 4 nitrogen and oxygen atoms in total. The van der Waals surface area contributed by atoms with Crippen LogP contribution in [-0.4, -0.2) is 19.6 Å². The molecule has 0 bridgehead atoms. The number of halogens is 5. The van der Waals surface area contributed by atoms with Gasteiger partial charge in [0.15, 0.2) is 11.5 Å². The molecular weight excluding hydrogens is 373 g/mol. The third kappa shape index (κ3) is 2.60. The zero-order chi connectivity index (χ0) is 15.2. The summed E-state index contributed by atoms with van der Waals surface area (Å²) >= 11 is 8.63. The molecule has 0 atom stereocenters. The van der Waals surface area contributed by atoms with Gasteiger partial charge in [-0.25, -0.2) is 4.98 Å². The normalized spacial score (nSPS) is 12.0. The molecule has 3 rings (SSSR count). The van der Waals surface area contributed by atoms with E-state index in [4.69, 9.17) is 11.6 Å². The van der Waals surface area contributed by atoms with Gasteiger partial charge in [0.2, 0.25) is 0 Å². The summed E-state index contributed by atoms with van der Waals surface area (Å²) in [6.45, 7) is 0. The minimum absolute atomic E-state index is 0.0336. The maximum atomic E-state index is 12.9. The highest BCUT2D eigenvalue weighted by Crippen LogP contribution is 2.37. The van der Waals surface area contributed by atoms with Crippen molar-refractivity contribution in [1.82, 2.24) is 19.6 Å². The van der Waals surface area contributed by atoms with Crippen LogP contribution in [0.3, 0.4) is 0 Å². The zero-order valence-electron chi connectivity index (χ0n) is 10.1. The van der Waals surface area contributed by atoms with Crippen LogP contribution in [0.1, 0.15) is 5.56 Å². The Bertz CT molecular complexity index is 831. The highest BCUT2D eigenvalue weighted by molar-refractivity contribution is 9.10. The van der Waals surface area contributed by atoms with Gasteiger partial charge in [0.05, 0.1) is 5.56 Å². The van der Waals surface area contributed by atoms with Crippen molar-refractivity contribution in [2.24, 2.45) is 0 Å². The molecule has 2 aromatic heterocycles. The number of rotatable bonds is 1. The van der Waals surface area contributed by atoms with Gasteiger partial charge in [-0.05, 0) is 12.1 Å². The standard InChI is InChI=1S/C12H5BrClF3N4/c13-8-2-1-6(3-7(8)12(15,16)17)11-20-19-10-4-9(14)18-5-21(10)11/h1-5H. The Balaban J connectivity index is 2.19. The number of fused-ring (bicyclic) bond motifs is 1. The average molecular weight is 378 g/mol. The predicted molar refractivity (Wildman–Crippen MR) is 73.9 cm³/mol. The topological polar surface area (TPSA) is 43.1 Å². The molecule has 21 heavy (non-hydrogen) atoms. The van der Waals surface area contributed by atoms with Crippen molar-refractivity contribution < 1.29 is 13.2 Å². The first kappa shape index (κ1) is 14.3. The Kier molecular flexibility index (Phi) is 3.37. The fourth-order valence-corrected chi connectivity index (χ4v) is 2.46. The van der Waals surface area contributed by atoms with Crippen molar-refractivity contribution in [3.05, 3.63) is 45.8 Å². The first-order valence-corrected chi connectivity index (χ1v) is 6.77. The lowest BCUT2D eigenvalue weighted by atomic mass is 10.1. The number of alkyl halides is 3. The van der Waals surface area contributed by atoms with Crippen molar-refractivity contribution in [3.8, 4) is 11.4 Å². The second-order valence-corrected chi connectivity index (χ2v) is 5.40. The molecule has 0 amide bonds. The lowest BCUT2D eigenvalue weighted by Gasteiger charge is -2.10. The molecule has 0 saturated heterocycles. The molecule has 2 heterocycles. The van der Waals surface area contributed by atoms with Crippen LogP contribution in [-0.2, 0) is 6.18 Å². The maximum absolute atomic E-state index is 12.9. The van der Waals surface area contributed by atoms with E-state index in [2.05, 4.69) is 31.1 Å². The van der Waals surface area contributed by atoms with E-state index in [9.17, 15) is 13.2 Å². The van der Waals surface area contributed by atoms with Gasteiger partial charge in [-0.15, -0.1) is 10.2 Å². The van der Waals surface area contributed by atoms with Crippen molar-refractivity contribution in [2.45, 2.75) is 6.18 Å². The first-order valence-electron chi connectivity index (χ1n) is 5.59. The van der Waals surface area contributed by atoms with Crippen molar-refractivity contribution in [1.29, 1.82) is 0 Å². The van der Waals surface area contributed by atoms with Crippen LogP contribution in [0.2, 0.25) is 5.15 Å². The minimum atomic E-state index is -4.46. The molecule has 1 aromatic carbocycles. The van der Waals surface area contributed by atoms with Crippen molar-refractivity contribution in [2.75, 3.05) is 0 Å². The summed E-state index contributed by atoms with van der Waals surface area (Å²) in [7, 11) is 0. The number of nitrogens with zero attached hydrogens (tertiary/aromatic N) is 4. The monoisotopic (exact) mass is 376 g/mol. The summed E-state index contributed by atoms with van der Waals surface area (Å²) in [5.41, 5.74) is -0.0951. The molecule has 0 radical (unpaired) electrons. The molecule has 0 unspecified atom stereocenters. The summed E-state index contributed by atoms with van der Waals surface area (Å²) in [6.07, 6.45) is -3.10. The Hall–Kier alpha value is -1.67.